The first-order chi connectivity index (χ1) is 14.4. The number of nitrogens with one attached hydrogen (secondary N) is 2. The van der Waals surface area contributed by atoms with Crippen molar-refractivity contribution >= 4 is 29.4 Å². The van der Waals surface area contributed by atoms with Crippen molar-refractivity contribution in [2.45, 2.75) is 6.10 Å². The minimum Gasteiger partial charge on any atom is -0.496 e. The summed E-state index contributed by atoms with van der Waals surface area (Å²) < 4.78 is 5.46. The van der Waals surface area contributed by atoms with Crippen molar-refractivity contribution in [2.75, 3.05) is 12.4 Å². The van der Waals surface area contributed by atoms with E-state index in [9.17, 15) is 14.7 Å². The van der Waals surface area contributed by atoms with E-state index < -0.39 is 18.2 Å². The van der Waals surface area contributed by atoms with E-state index in [-0.39, 0.29) is 0 Å². The zero-order valence-electron chi connectivity index (χ0n) is 16.1. The molecule has 0 aliphatic heterocycles. The molecule has 7 nitrogen and oxygen atoms in total. The van der Waals surface area contributed by atoms with E-state index in [1.54, 1.807) is 49.6 Å². The molecular weight excluding hydrogens is 406 g/mol. The monoisotopic (exact) mass is 425 g/mol. The number of ether oxygens (including phenoxy) is 1. The summed E-state index contributed by atoms with van der Waals surface area (Å²) in [5.74, 6) is 0.660. The van der Waals surface area contributed by atoms with Crippen LogP contribution in [-0.2, 0) is 0 Å². The molecule has 0 heterocycles. The first kappa shape index (κ1) is 21.2. The summed E-state index contributed by atoms with van der Waals surface area (Å²) in [6.45, 7) is 0. The van der Waals surface area contributed by atoms with Gasteiger partial charge in [0.25, 0.3) is 0 Å². The molecule has 0 bridgehead atoms. The molecule has 154 valence electrons. The van der Waals surface area contributed by atoms with Crippen LogP contribution < -0.4 is 21.1 Å². The smallest absolute Gasteiger partial charge is 0.327 e. The highest BCUT2D eigenvalue weighted by Crippen LogP contribution is 2.35. The van der Waals surface area contributed by atoms with E-state index >= 15 is 0 Å². The molecule has 0 aliphatic rings. The normalized spacial score (nSPS) is 11.4. The number of primary amides is 1. The van der Waals surface area contributed by atoms with Crippen molar-refractivity contribution in [1.82, 2.24) is 5.32 Å². The fraction of sp³-hybridized carbons (Fsp3) is 0.0909. The molecule has 5 N–H and O–H groups in total. The number of hydrogen-bond acceptors (Lipinski definition) is 4. The van der Waals surface area contributed by atoms with Crippen LogP contribution >= 0.6 is 11.6 Å². The lowest BCUT2D eigenvalue weighted by molar-refractivity contribution is 0.220. The number of halogens is 1. The largest absolute Gasteiger partial charge is 0.496 e. The highest BCUT2D eigenvalue weighted by Gasteiger charge is 2.15. The summed E-state index contributed by atoms with van der Waals surface area (Å²) in [5.41, 5.74) is 8.30. The number of amides is 4. The third-order valence-electron chi connectivity index (χ3n) is 4.40. The molecule has 3 rings (SSSR count). The van der Waals surface area contributed by atoms with Gasteiger partial charge in [-0.15, -0.1) is 0 Å². The van der Waals surface area contributed by atoms with E-state index in [1.807, 2.05) is 29.6 Å². The summed E-state index contributed by atoms with van der Waals surface area (Å²) in [4.78, 5) is 22.2. The molecule has 0 fully saturated rings. The summed E-state index contributed by atoms with van der Waals surface area (Å²) in [6, 6.07) is 17.7. The quantitative estimate of drug-likeness (QED) is 0.488. The van der Waals surface area contributed by atoms with Gasteiger partial charge in [-0.1, -0.05) is 41.9 Å². The number of nitrogens with two attached hydrogens (primary N) is 1. The van der Waals surface area contributed by atoms with Crippen LogP contribution in [0.5, 0.6) is 5.75 Å². The number of aliphatic hydroxyl groups excluding tert-OH is 1. The highest BCUT2D eigenvalue weighted by molar-refractivity contribution is 6.30. The Kier molecular flexibility index (Phi) is 6.56. The highest BCUT2D eigenvalue weighted by atomic mass is 35.5. The molecule has 3 aromatic rings. The summed E-state index contributed by atoms with van der Waals surface area (Å²) in [7, 11) is 1.58. The van der Waals surface area contributed by atoms with Crippen molar-refractivity contribution in [2.24, 2.45) is 5.73 Å². The average Bonchev–Trinajstić information content (AvgIpc) is 2.72. The van der Waals surface area contributed by atoms with Crippen molar-refractivity contribution in [3.05, 3.63) is 82.9 Å². The van der Waals surface area contributed by atoms with Crippen molar-refractivity contribution in [3.8, 4) is 16.9 Å². The minimum atomic E-state index is -0.949. The Morgan fingerprint density at radius 1 is 1.03 bits per heavy atom. The van der Waals surface area contributed by atoms with E-state index in [0.29, 0.717) is 27.6 Å². The van der Waals surface area contributed by atoms with Gasteiger partial charge >= 0.3 is 12.1 Å². The predicted molar refractivity (Wildman–Crippen MR) is 116 cm³/mol. The Balaban J connectivity index is 1.84. The number of carbonyl (C=O) groups excluding carboxylic acids is 2. The summed E-state index contributed by atoms with van der Waals surface area (Å²) in [6.07, 6.45) is -0.901. The molecule has 0 radical (unpaired) electrons. The van der Waals surface area contributed by atoms with Gasteiger partial charge in [-0.25, -0.2) is 9.59 Å². The second-order valence-electron chi connectivity index (χ2n) is 6.44. The number of carbonyl (C=O) groups is 2. The number of anilines is 1. The Morgan fingerprint density at radius 3 is 2.37 bits per heavy atom. The van der Waals surface area contributed by atoms with Gasteiger partial charge in [0, 0.05) is 16.3 Å². The zero-order valence-corrected chi connectivity index (χ0v) is 16.8. The standard InChI is InChI=1S/C22H20ClN3O4/c1-30-19-10-7-15(12-18(19)14-3-2-4-16(23)11-14)20(27)13-5-8-17(9-6-13)25-22(29)26-21(24)28/h2-12,20,27H,1H3,(H4,24,25,26,28,29). The lowest BCUT2D eigenvalue weighted by Gasteiger charge is -2.16. The summed E-state index contributed by atoms with van der Waals surface area (Å²) in [5, 5.41) is 15.8. The second-order valence-corrected chi connectivity index (χ2v) is 6.87. The van der Waals surface area contributed by atoms with Gasteiger partial charge in [-0.05, 0) is 53.1 Å². The van der Waals surface area contributed by atoms with Gasteiger partial charge in [0.15, 0.2) is 0 Å². The van der Waals surface area contributed by atoms with Crippen LogP contribution in [0.1, 0.15) is 17.2 Å². The van der Waals surface area contributed by atoms with Gasteiger partial charge in [0.2, 0.25) is 0 Å². The van der Waals surface area contributed by atoms with Crippen molar-refractivity contribution < 1.29 is 19.4 Å². The molecule has 1 unspecified atom stereocenters. The number of rotatable bonds is 5. The molecule has 0 aliphatic carbocycles. The van der Waals surface area contributed by atoms with Crippen LogP contribution in [0.3, 0.4) is 0 Å². The van der Waals surface area contributed by atoms with Crippen LogP contribution in [0, 0.1) is 0 Å². The molecular formula is C22H20ClN3O4. The molecule has 0 saturated heterocycles. The average molecular weight is 426 g/mol. The van der Waals surface area contributed by atoms with Crippen molar-refractivity contribution in [3.63, 3.8) is 0 Å². The second kappa shape index (κ2) is 9.30. The maximum atomic E-state index is 11.5. The van der Waals surface area contributed by atoms with Gasteiger partial charge in [0.1, 0.15) is 11.9 Å². The van der Waals surface area contributed by atoms with Gasteiger partial charge in [-0.3, -0.25) is 5.32 Å². The zero-order chi connectivity index (χ0) is 21.7. The molecule has 8 heteroatoms. The SMILES string of the molecule is COc1ccc(C(O)c2ccc(NC(=O)NC(N)=O)cc2)cc1-c1cccc(Cl)c1. The molecule has 1 atom stereocenters. The number of imide groups is 1. The van der Waals surface area contributed by atoms with E-state index in [1.165, 1.54) is 0 Å². The van der Waals surface area contributed by atoms with Crippen molar-refractivity contribution in [1.29, 1.82) is 0 Å². The number of benzene rings is 3. The molecule has 0 spiro atoms. The Morgan fingerprint density at radius 2 is 1.73 bits per heavy atom. The molecule has 0 aromatic heterocycles. The topological polar surface area (TPSA) is 114 Å². The van der Waals surface area contributed by atoms with Gasteiger partial charge in [0.05, 0.1) is 7.11 Å². The van der Waals surface area contributed by atoms with Crippen LogP contribution in [0.2, 0.25) is 5.02 Å². The fourth-order valence-electron chi connectivity index (χ4n) is 2.99. The van der Waals surface area contributed by atoms with E-state index in [4.69, 9.17) is 22.1 Å². The summed E-state index contributed by atoms with van der Waals surface area (Å²) >= 11 is 6.12. The third-order valence-corrected chi connectivity index (χ3v) is 4.63. The number of aliphatic hydroxyl groups is 1. The van der Waals surface area contributed by atoms with Crippen LogP contribution in [-0.4, -0.2) is 24.3 Å². The van der Waals surface area contributed by atoms with E-state index in [0.717, 1.165) is 11.1 Å². The maximum absolute atomic E-state index is 11.5. The number of methoxy groups -OCH3 is 1. The first-order valence-electron chi connectivity index (χ1n) is 8.96. The first-order valence-corrected chi connectivity index (χ1v) is 9.34. The molecule has 3 aromatic carbocycles. The fourth-order valence-corrected chi connectivity index (χ4v) is 3.18. The molecule has 4 amide bonds. The van der Waals surface area contributed by atoms with Gasteiger partial charge < -0.3 is 20.9 Å². The Labute approximate surface area is 178 Å². The lowest BCUT2D eigenvalue weighted by Crippen LogP contribution is -2.38. The third kappa shape index (κ3) is 5.08. The van der Waals surface area contributed by atoms with Crippen LogP contribution in [0.4, 0.5) is 15.3 Å². The lowest BCUT2D eigenvalue weighted by atomic mass is 9.96. The van der Waals surface area contributed by atoms with Gasteiger partial charge in [-0.2, -0.15) is 0 Å². The Bertz CT molecular complexity index is 1070. The minimum absolute atomic E-state index is 0.444. The number of urea groups is 2. The predicted octanol–water partition coefficient (Wildman–Crippen LogP) is 4.30. The van der Waals surface area contributed by atoms with E-state index in [2.05, 4.69) is 5.32 Å². The molecule has 0 saturated carbocycles. The van der Waals surface area contributed by atoms with Crippen LogP contribution in [0.25, 0.3) is 11.1 Å². The Hall–Kier alpha value is -3.55. The maximum Gasteiger partial charge on any atom is 0.327 e. The molecule has 30 heavy (non-hydrogen) atoms. The number of hydrogen-bond donors (Lipinski definition) is 4. The van der Waals surface area contributed by atoms with Crippen LogP contribution in [0.15, 0.2) is 66.7 Å².